The van der Waals surface area contributed by atoms with Crippen molar-refractivity contribution in [1.82, 2.24) is 24.5 Å². The first kappa shape index (κ1) is 19.8. The third-order valence-corrected chi connectivity index (χ3v) is 5.99. The number of nitrogens with one attached hydrogen (secondary N) is 4. The smallest absolute Gasteiger partial charge is 0.328 e. The van der Waals surface area contributed by atoms with Crippen LogP contribution in [0.3, 0.4) is 0 Å². The summed E-state index contributed by atoms with van der Waals surface area (Å²) in [5, 5.41) is 0.907. The van der Waals surface area contributed by atoms with Gasteiger partial charge in [-0.25, -0.2) is 9.59 Å². The lowest BCUT2D eigenvalue weighted by molar-refractivity contribution is 0.403. The summed E-state index contributed by atoms with van der Waals surface area (Å²) in [4.78, 5) is 59.3. The highest BCUT2D eigenvalue weighted by Gasteiger charge is 2.37. The van der Waals surface area contributed by atoms with E-state index in [2.05, 4.69) is 19.9 Å². The van der Waals surface area contributed by atoms with Gasteiger partial charge in [-0.3, -0.25) is 29.5 Å². The van der Waals surface area contributed by atoms with Crippen molar-refractivity contribution in [3.8, 4) is 11.8 Å². The first-order valence-electron chi connectivity index (χ1n) is 10.5. The van der Waals surface area contributed by atoms with E-state index in [1.165, 1.54) is 0 Å². The van der Waals surface area contributed by atoms with E-state index < -0.39 is 28.4 Å². The van der Waals surface area contributed by atoms with Crippen LogP contribution >= 0.6 is 0 Å². The Kier molecular flexibility index (Phi) is 4.27. The Morgan fingerprint density at radius 2 is 1.32 bits per heavy atom. The standard InChI is InChI=1S/C24H17N5O5/c30-19-17-16(18-20(31)26-24(33)28-22(18)34-21(17)27-23(32)25-19)15-10-13-8-4-5-9-14(13)29(15)11-12-6-2-1-3-7-12/h1-10,16H,11H2,(H2,25,27,30,32)(H2,26,28,31,33). The minimum Gasteiger partial charge on any atom is -0.423 e. The minimum absolute atomic E-state index is 0.0711. The Hall–Kier alpha value is -4.86. The van der Waals surface area contributed by atoms with Crippen LogP contribution in [-0.2, 0) is 6.54 Å². The predicted octanol–water partition coefficient (Wildman–Crippen LogP) is 1.73. The van der Waals surface area contributed by atoms with Crippen molar-refractivity contribution >= 4 is 10.9 Å². The number of benzene rings is 2. The van der Waals surface area contributed by atoms with Crippen LogP contribution in [0.25, 0.3) is 10.9 Å². The molecule has 0 spiro atoms. The maximum Gasteiger partial charge on any atom is 0.328 e. The van der Waals surface area contributed by atoms with Crippen molar-refractivity contribution < 1.29 is 4.74 Å². The zero-order valence-corrected chi connectivity index (χ0v) is 17.5. The molecule has 3 aromatic heterocycles. The highest BCUT2D eigenvalue weighted by Crippen LogP contribution is 2.43. The van der Waals surface area contributed by atoms with E-state index in [-0.39, 0.29) is 22.9 Å². The van der Waals surface area contributed by atoms with E-state index in [0.29, 0.717) is 12.2 Å². The first-order chi connectivity index (χ1) is 16.5. The van der Waals surface area contributed by atoms with Crippen molar-refractivity contribution in [2.24, 2.45) is 0 Å². The molecule has 1 aliphatic rings. The van der Waals surface area contributed by atoms with Crippen LogP contribution in [-0.4, -0.2) is 24.5 Å². The van der Waals surface area contributed by atoms with E-state index in [1.807, 2.05) is 65.2 Å². The summed E-state index contributed by atoms with van der Waals surface area (Å²) in [6, 6.07) is 19.4. The zero-order chi connectivity index (χ0) is 23.4. The molecule has 0 unspecified atom stereocenters. The summed E-state index contributed by atoms with van der Waals surface area (Å²) in [6.45, 7) is 0.466. The van der Waals surface area contributed by atoms with Crippen molar-refractivity contribution in [1.29, 1.82) is 0 Å². The van der Waals surface area contributed by atoms with Gasteiger partial charge in [0.05, 0.1) is 17.0 Å². The zero-order valence-electron chi connectivity index (χ0n) is 17.5. The monoisotopic (exact) mass is 455 g/mol. The number of ether oxygens (including phenoxy) is 1. The van der Waals surface area contributed by atoms with E-state index in [0.717, 1.165) is 16.5 Å². The average molecular weight is 455 g/mol. The number of para-hydroxylation sites is 1. The molecule has 0 aliphatic carbocycles. The molecule has 0 bridgehead atoms. The van der Waals surface area contributed by atoms with Gasteiger partial charge in [-0.15, -0.1) is 0 Å². The van der Waals surface area contributed by atoms with Gasteiger partial charge < -0.3 is 9.30 Å². The minimum atomic E-state index is -0.920. The summed E-state index contributed by atoms with van der Waals surface area (Å²) in [7, 11) is 0. The van der Waals surface area contributed by atoms with E-state index in [1.54, 1.807) is 0 Å². The Labute approximate surface area is 189 Å². The maximum absolute atomic E-state index is 13.0. The maximum atomic E-state index is 13.0. The summed E-state index contributed by atoms with van der Waals surface area (Å²) < 4.78 is 7.64. The van der Waals surface area contributed by atoms with Gasteiger partial charge in [0.15, 0.2) is 0 Å². The van der Waals surface area contributed by atoms with Crippen molar-refractivity contribution in [3.63, 3.8) is 0 Å². The highest BCUT2D eigenvalue weighted by atomic mass is 16.5. The third-order valence-electron chi connectivity index (χ3n) is 5.99. The number of H-pyrrole nitrogens is 4. The lowest BCUT2D eigenvalue weighted by atomic mass is 9.89. The molecule has 0 saturated heterocycles. The van der Waals surface area contributed by atoms with Crippen LogP contribution in [0.2, 0.25) is 0 Å². The van der Waals surface area contributed by atoms with Gasteiger partial charge in [-0.1, -0.05) is 48.5 Å². The molecule has 6 rings (SSSR count). The van der Waals surface area contributed by atoms with Crippen LogP contribution in [0.5, 0.6) is 11.8 Å². The fraction of sp³-hybridized carbons (Fsp3) is 0.0833. The molecule has 4 N–H and O–H groups in total. The van der Waals surface area contributed by atoms with E-state index in [4.69, 9.17) is 4.74 Å². The largest absolute Gasteiger partial charge is 0.423 e. The summed E-state index contributed by atoms with van der Waals surface area (Å²) in [5.41, 5.74) is -0.200. The number of aromatic amines is 4. The van der Waals surface area contributed by atoms with Crippen LogP contribution in [0, 0.1) is 0 Å². The highest BCUT2D eigenvalue weighted by molar-refractivity contribution is 5.82. The van der Waals surface area contributed by atoms with Gasteiger partial charge in [0.2, 0.25) is 11.8 Å². The number of hydrogen-bond acceptors (Lipinski definition) is 5. The van der Waals surface area contributed by atoms with Crippen LogP contribution in [0.1, 0.15) is 28.3 Å². The second-order valence-corrected chi connectivity index (χ2v) is 8.04. The number of nitrogens with zero attached hydrogens (tertiary/aromatic N) is 1. The van der Waals surface area contributed by atoms with E-state index >= 15 is 0 Å². The van der Waals surface area contributed by atoms with Crippen molar-refractivity contribution in [3.05, 3.63) is 125 Å². The Balaban J connectivity index is 1.70. The summed E-state index contributed by atoms with van der Waals surface area (Å²) in [6.07, 6.45) is 0. The lowest BCUT2D eigenvalue weighted by Crippen LogP contribution is -2.36. The van der Waals surface area contributed by atoms with Gasteiger partial charge in [0.1, 0.15) is 0 Å². The second kappa shape index (κ2) is 7.34. The van der Waals surface area contributed by atoms with E-state index in [9.17, 15) is 19.2 Å². The van der Waals surface area contributed by atoms with Gasteiger partial charge in [-0.2, -0.15) is 0 Å². The summed E-state index contributed by atoms with van der Waals surface area (Å²) >= 11 is 0. The molecule has 168 valence electrons. The quantitative estimate of drug-likeness (QED) is 0.321. The van der Waals surface area contributed by atoms with Crippen LogP contribution in [0.15, 0.2) is 79.8 Å². The molecule has 4 heterocycles. The molecule has 34 heavy (non-hydrogen) atoms. The van der Waals surface area contributed by atoms with Crippen LogP contribution < -0.4 is 27.2 Å². The number of fused-ring (bicyclic) bond motifs is 3. The second-order valence-electron chi connectivity index (χ2n) is 8.04. The fourth-order valence-corrected chi connectivity index (χ4v) is 4.59. The normalized spacial score (nSPS) is 12.8. The number of aromatic nitrogens is 5. The average Bonchev–Trinajstić information content (AvgIpc) is 3.16. The number of hydrogen-bond donors (Lipinski definition) is 4. The molecular formula is C24H17N5O5. The molecular weight excluding hydrogens is 438 g/mol. The van der Waals surface area contributed by atoms with Crippen molar-refractivity contribution in [2.45, 2.75) is 12.5 Å². The molecule has 0 saturated carbocycles. The molecule has 10 heteroatoms. The Morgan fingerprint density at radius 3 is 1.97 bits per heavy atom. The number of rotatable bonds is 3. The van der Waals surface area contributed by atoms with Crippen molar-refractivity contribution in [2.75, 3.05) is 0 Å². The molecule has 1 aliphatic heterocycles. The SMILES string of the molecule is O=c1[nH]c2c(c(=O)[nH]1)C(c1cc3ccccc3n1Cc1ccccc1)c1c([nH]c(=O)[nH]c1=O)O2. The molecule has 5 aromatic rings. The Morgan fingerprint density at radius 1 is 0.735 bits per heavy atom. The van der Waals surface area contributed by atoms with Gasteiger partial charge >= 0.3 is 11.4 Å². The predicted molar refractivity (Wildman–Crippen MR) is 124 cm³/mol. The fourth-order valence-electron chi connectivity index (χ4n) is 4.59. The van der Waals surface area contributed by atoms with Gasteiger partial charge in [0, 0.05) is 17.8 Å². The summed E-state index contributed by atoms with van der Waals surface area (Å²) in [5.74, 6) is -1.16. The lowest BCUT2D eigenvalue weighted by Gasteiger charge is -2.26. The molecule has 0 fully saturated rings. The molecule has 0 amide bonds. The van der Waals surface area contributed by atoms with Gasteiger partial charge in [0.25, 0.3) is 11.1 Å². The topological polar surface area (TPSA) is 146 Å². The Bertz CT molecular complexity index is 1730. The molecule has 0 radical (unpaired) electrons. The first-order valence-corrected chi connectivity index (χ1v) is 10.5. The molecule has 0 atom stereocenters. The van der Waals surface area contributed by atoms with Crippen LogP contribution in [0.4, 0.5) is 0 Å². The third kappa shape index (κ3) is 3.04. The molecule has 10 nitrogen and oxygen atoms in total. The van der Waals surface area contributed by atoms with Gasteiger partial charge in [-0.05, 0) is 23.1 Å². The molecule has 2 aromatic carbocycles.